The summed E-state index contributed by atoms with van der Waals surface area (Å²) >= 11 is 3.17. The van der Waals surface area contributed by atoms with Crippen LogP contribution in [-0.4, -0.2) is 61.8 Å². The Labute approximate surface area is 320 Å². The van der Waals surface area contributed by atoms with Crippen LogP contribution in [0.2, 0.25) is 0 Å². The van der Waals surface area contributed by atoms with Crippen LogP contribution in [0.1, 0.15) is 70.7 Å². The van der Waals surface area contributed by atoms with Gasteiger partial charge in [-0.3, -0.25) is 29.0 Å². The zero-order chi connectivity index (χ0) is 41.9. The average molecular weight is 838 g/mol. The minimum absolute atomic E-state index is 0.111. The number of ketones is 2. The van der Waals surface area contributed by atoms with E-state index in [1.807, 2.05) is 0 Å². The Kier molecular flexibility index (Phi) is 15.2. The van der Waals surface area contributed by atoms with Crippen molar-refractivity contribution >= 4 is 50.7 Å². The number of rotatable bonds is 9. The van der Waals surface area contributed by atoms with E-state index in [1.54, 1.807) is 40.9 Å². The first-order valence-corrected chi connectivity index (χ1v) is 16.6. The van der Waals surface area contributed by atoms with Gasteiger partial charge in [0.05, 0.1) is 52.1 Å². The van der Waals surface area contributed by atoms with Gasteiger partial charge in [0.2, 0.25) is 0 Å². The number of carbonyl (C=O) groups is 4. The fourth-order valence-electron chi connectivity index (χ4n) is 4.37. The van der Waals surface area contributed by atoms with E-state index in [4.69, 9.17) is 13.1 Å². The van der Waals surface area contributed by atoms with Crippen LogP contribution in [0.15, 0.2) is 61.2 Å². The van der Waals surface area contributed by atoms with Crippen LogP contribution in [0, 0.1) is 13.1 Å². The molecule has 3 N–H and O–H groups in total. The lowest BCUT2D eigenvalue weighted by Crippen LogP contribution is -2.37. The molecule has 0 bridgehead atoms. The van der Waals surface area contributed by atoms with E-state index in [0.29, 0.717) is 5.56 Å². The Balaban J connectivity index is 0.000000322. The summed E-state index contributed by atoms with van der Waals surface area (Å²) in [6.07, 6.45) is -3.94. The number of halogens is 7. The van der Waals surface area contributed by atoms with E-state index < -0.39 is 50.5 Å². The monoisotopic (exact) mass is 836 g/mol. The molecule has 4 rings (SSSR count). The SMILES string of the molecule is CNC(=O)c1cn[nH]c1.[C-]#[N+]c1ccc(CC(=O)C(C)(C)Br)cc1C(F)(F)F.[C-]#[N+]c1ccc(CC(=O)C(C)(C)n2cc(C(=O)NC)cn2)cc1C(F)(F)F. The van der Waals surface area contributed by atoms with Crippen LogP contribution in [0.25, 0.3) is 9.69 Å². The number of Topliss-reactive ketones (excluding diaryl/α,β-unsaturated/α-hetero) is 2. The number of hydrogen-bond donors (Lipinski definition) is 3. The number of hydrogen-bond acceptors (Lipinski definition) is 6. The molecule has 0 atom stereocenters. The van der Waals surface area contributed by atoms with Crippen molar-refractivity contribution in [3.8, 4) is 0 Å². The van der Waals surface area contributed by atoms with Crippen molar-refractivity contribution in [3.63, 3.8) is 0 Å². The molecule has 12 nitrogen and oxygen atoms in total. The summed E-state index contributed by atoms with van der Waals surface area (Å²) in [6, 6.07) is 6.54. The largest absolute Gasteiger partial charge is 0.407 e. The first kappa shape index (κ1) is 45.3. The summed E-state index contributed by atoms with van der Waals surface area (Å²) < 4.78 is 78.0. The summed E-state index contributed by atoms with van der Waals surface area (Å²) in [5.41, 5.74) is -3.01. The van der Waals surface area contributed by atoms with Gasteiger partial charge in [0.25, 0.3) is 11.8 Å². The van der Waals surface area contributed by atoms with Crippen molar-refractivity contribution in [2.24, 2.45) is 0 Å². The van der Waals surface area contributed by atoms with Crippen LogP contribution < -0.4 is 10.6 Å². The number of benzene rings is 2. The average Bonchev–Trinajstić information content (AvgIpc) is 3.84. The van der Waals surface area contributed by atoms with Crippen LogP contribution in [0.5, 0.6) is 0 Å². The standard InChI is InChI=1S/C18H17F3N4O2.C13H11BrF3NO.C5H7N3O/c1-17(2,25-10-12(9-24-25)16(27)23-4)15(26)8-11-5-6-14(22-3)13(7-11)18(19,20)21;1-12(2,14)11(19)7-8-4-5-10(18-3)9(6-8)13(15,16)17;1-6-5(9)4-2-7-8-3-4/h5-7,9-10H,8H2,1-2,4H3,(H,23,27);4-6H,7H2,1-2H3;2-3H,1H3,(H,6,9)(H,7,8). The Morgan fingerprint density at radius 2 is 1.22 bits per heavy atom. The van der Waals surface area contributed by atoms with Crippen molar-refractivity contribution in [1.82, 2.24) is 30.6 Å². The Morgan fingerprint density at radius 3 is 1.60 bits per heavy atom. The van der Waals surface area contributed by atoms with Crippen LogP contribution >= 0.6 is 15.9 Å². The van der Waals surface area contributed by atoms with Crippen LogP contribution in [0.4, 0.5) is 37.7 Å². The number of carbonyl (C=O) groups excluding carboxylic acids is 4. The molecule has 0 saturated carbocycles. The molecule has 0 aliphatic rings. The summed E-state index contributed by atoms with van der Waals surface area (Å²) in [5.74, 6) is -1.10. The molecule has 2 heterocycles. The van der Waals surface area contributed by atoms with E-state index in [-0.39, 0.29) is 47.1 Å². The molecule has 0 fully saturated rings. The van der Waals surface area contributed by atoms with Crippen molar-refractivity contribution in [2.75, 3.05) is 14.1 Å². The van der Waals surface area contributed by atoms with Gasteiger partial charge in [-0.1, -0.05) is 52.3 Å². The van der Waals surface area contributed by atoms with Gasteiger partial charge in [-0.15, -0.1) is 0 Å². The van der Waals surface area contributed by atoms with Crippen molar-refractivity contribution in [3.05, 3.63) is 117 Å². The Morgan fingerprint density at radius 1 is 0.764 bits per heavy atom. The van der Waals surface area contributed by atoms with Gasteiger partial charge in [0.1, 0.15) is 5.54 Å². The molecule has 0 unspecified atom stereocenters. The number of aromatic amines is 1. The van der Waals surface area contributed by atoms with Gasteiger partial charge in [-0.05, 0) is 38.8 Å². The molecule has 4 aromatic rings. The lowest BCUT2D eigenvalue weighted by molar-refractivity contribution is -0.137. The fraction of sp³-hybridized carbons (Fsp3) is 0.333. The number of amides is 2. The quantitative estimate of drug-likeness (QED) is 0.0896. The van der Waals surface area contributed by atoms with Crippen LogP contribution in [0.3, 0.4) is 0 Å². The lowest BCUT2D eigenvalue weighted by Gasteiger charge is -2.24. The normalized spacial score (nSPS) is 11.4. The zero-order valence-corrected chi connectivity index (χ0v) is 31.8. The van der Waals surface area contributed by atoms with Crippen LogP contribution in [-0.2, 0) is 40.3 Å². The van der Waals surface area contributed by atoms with Gasteiger partial charge < -0.3 is 10.6 Å². The molecule has 19 heteroatoms. The number of nitrogens with one attached hydrogen (secondary N) is 3. The molecule has 0 aliphatic heterocycles. The number of aromatic nitrogens is 4. The highest BCUT2D eigenvalue weighted by Gasteiger charge is 2.36. The van der Waals surface area contributed by atoms with E-state index in [9.17, 15) is 45.5 Å². The third-order valence-electron chi connectivity index (χ3n) is 7.68. The first-order valence-electron chi connectivity index (χ1n) is 15.8. The van der Waals surface area contributed by atoms with Crippen molar-refractivity contribution < 1.29 is 45.5 Å². The molecule has 0 spiro atoms. The molecular weight excluding hydrogens is 802 g/mol. The fourth-order valence-corrected chi connectivity index (χ4v) is 4.51. The number of nitrogens with zero attached hydrogens (tertiary/aromatic N) is 5. The number of H-pyrrole nitrogens is 1. The predicted molar refractivity (Wildman–Crippen MR) is 193 cm³/mol. The number of alkyl halides is 7. The highest BCUT2D eigenvalue weighted by molar-refractivity contribution is 9.10. The van der Waals surface area contributed by atoms with Crippen molar-refractivity contribution in [2.45, 2.75) is 62.8 Å². The lowest BCUT2D eigenvalue weighted by atomic mass is 9.93. The second kappa shape index (κ2) is 18.5. The highest BCUT2D eigenvalue weighted by atomic mass is 79.9. The van der Waals surface area contributed by atoms with E-state index in [2.05, 4.69) is 51.5 Å². The highest BCUT2D eigenvalue weighted by Crippen LogP contribution is 2.38. The summed E-state index contributed by atoms with van der Waals surface area (Å²) in [5, 5.41) is 15.1. The van der Waals surface area contributed by atoms with E-state index in [0.717, 1.165) is 24.3 Å². The maximum atomic E-state index is 13.1. The third-order valence-corrected chi connectivity index (χ3v) is 8.12. The van der Waals surface area contributed by atoms with Gasteiger partial charge in [0.15, 0.2) is 22.9 Å². The second-order valence-corrected chi connectivity index (χ2v) is 14.5. The molecule has 2 aromatic carbocycles. The maximum Gasteiger partial charge on any atom is 0.407 e. The van der Waals surface area contributed by atoms with Gasteiger partial charge >= 0.3 is 12.4 Å². The molecule has 2 amide bonds. The molecule has 0 aliphatic carbocycles. The van der Waals surface area contributed by atoms with Crippen molar-refractivity contribution in [1.29, 1.82) is 0 Å². The molecule has 0 radical (unpaired) electrons. The molecule has 55 heavy (non-hydrogen) atoms. The Bertz CT molecular complexity index is 2090. The summed E-state index contributed by atoms with van der Waals surface area (Å²) in [6.45, 7) is 20.0. The predicted octanol–water partition coefficient (Wildman–Crippen LogP) is 7.67. The molecule has 2 aromatic heterocycles. The van der Waals surface area contributed by atoms with E-state index in [1.165, 1.54) is 42.5 Å². The van der Waals surface area contributed by atoms with Gasteiger partial charge in [-0.25, -0.2) is 9.69 Å². The second-order valence-electron chi connectivity index (χ2n) is 12.5. The smallest absolute Gasteiger partial charge is 0.355 e. The topological polar surface area (TPSA) is 148 Å². The summed E-state index contributed by atoms with van der Waals surface area (Å²) in [4.78, 5) is 52.5. The molecule has 0 saturated heterocycles. The van der Waals surface area contributed by atoms with Gasteiger partial charge in [-0.2, -0.15) is 36.5 Å². The molecular formula is C36H35BrF6N8O4. The zero-order valence-electron chi connectivity index (χ0n) is 30.2. The minimum atomic E-state index is -4.68. The first-order chi connectivity index (χ1) is 25.4. The van der Waals surface area contributed by atoms with Gasteiger partial charge in [0, 0.05) is 39.3 Å². The van der Waals surface area contributed by atoms with E-state index >= 15 is 0 Å². The Hall–Kier alpha value is -5.82. The minimum Gasteiger partial charge on any atom is -0.355 e. The maximum absolute atomic E-state index is 13.1. The summed E-state index contributed by atoms with van der Waals surface area (Å²) in [7, 11) is 3.04. The molecule has 292 valence electrons. The third kappa shape index (κ3) is 12.6.